The summed E-state index contributed by atoms with van der Waals surface area (Å²) in [7, 11) is 0. The molecular weight excluding hydrogens is 305 g/mol. The van der Waals surface area contributed by atoms with Gasteiger partial charge in [0.2, 0.25) is 0 Å². The van der Waals surface area contributed by atoms with E-state index in [9.17, 15) is 0 Å². The molecule has 3 nitrogen and oxygen atoms in total. The predicted octanol–water partition coefficient (Wildman–Crippen LogP) is 4.92. The summed E-state index contributed by atoms with van der Waals surface area (Å²) in [5.41, 5.74) is 1.66. The first kappa shape index (κ1) is 14.4. The lowest BCUT2D eigenvalue weighted by Crippen LogP contribution is -2.09. The van der Waals surface area contributed by atoms with E-state index in [2.05, 4.69) is 15.3 Å². The van der Waals surface area contributed by atoms with Crippen molar-refractivity contribution in [2.75, 3.05) is 5.32 Å². The topological polar surface area (TPSA) is 37.8 Å². The second-order valence-corrected chi connectivity index (χ2v) is 5.38. The Hall–Kier alpha value is -1.03. The monoisotopic (exact) mass is 315 g/mol. The zero-order valence-corrected chi connectivity index (χ0v) is 12.7. The maximum absolute atomic E-state index is 6.17. The Kier molecular flexibility index (Phi) is 4.50. The number of aryl methyl sites for hydroxylation is 1. The number of rotatable bonds is 3. The van der Waals surface area contributed by atoms with E-state index in [1.54, 1.807) is 12.1 Å². The summed E-state index contributed by atoms with van der Waals surface area (Å²) in [4.78, 5) is 8.15. The standard InChI is InChI=1S/C13H12Cl3N3/c1-7(10-4-3-9(14)5-11(10)15)19-13-12(16)8(2)17-6-18-13/h3-7H,1-2H3,(H,17,18,19)/t7-/m1/s1. The van der Waals surface area contributed by atoms with E-state index >= 15 is 0 Å². The van der Waals surface area contributed by atoms with Crippen LogP contribution in [0.2, 0.25) is 15.1 Å². The number of nitrogens with one attached hydrogen (secondary N) is 1. The molecule has 19 heavy (non-hydrogen) atoms. The molecule has 0 fully saturated rings. The maximum Gasteiger partial charge on any atom is 0.148 e. The molecule has 1 atom stereocenters. The van der Waals surface area contributed by atoms with Crippen LogP contribution in [0.1, 0.15) is 24.2 Å². The summed E-state index contributed by atoms with van der Waals surface area (Å²) in [6.45, 7) is 3.80. The van der Waals surface area contributed by atoms with Gasteiger partial charge in [0.25, 0.3) is 0 Å². The zero-order chi connectivity index (χ0) is 14.0. The fraction of sp³-hybridized carbons (Fsp3) is 0.231. The number of halogens is 3. The third-order valence-corrected chi connectivity index (χ3v) is 3.76. The molecule has 0 aliphatic rings. The zero-order valence-electron chi connectivity index (χ0n) is 10.4. The third-order valence-electron chi connectivity index (χ3n) is 2.75. The summed E-state index contributed by atoms with van der Waals surface area (Å²) >= 11 is 18.2. The van der Waals surface area contributed by atoms with Crippen molar-refractivity contribution in [2.45, 2.75) is 19.9 Å². The minimum atomic E-state index is -0.0448. The van der Waals surface area contributed by atoms with E-state index in [-0.39, 0.29) is 6.04 Å². The van der Waals surface area contributed by atoms with Gasteiger partial charge in [-0.1, -0.05) is 40.9 Å². The van der Waals surface area contributed by atoms with Crippen molar-refractivity contribution in [1.82, 2.24) is 9.97 Å². The summed E-state index contributed by atoms with van der Waals surface area (Å²) < 4.78 is 0. The van der Waals surface area contributed by atoms with Crippen LogP contribution in [0.25, 0.3) is 0 Å². The molecule has 0 saturated heterocycles. The highest BCUT2D eigenvalue weighted by Crippen LogP contribution is 2.30. The van der Waals surface area contributed by atoms with Gasteiger partial charge < -0.3 is 5.32 Å². The number of aromatic nitrogens is 2. The van der Waals surface area contributed by atoms with Gasteiger partial charge in [0.15, 0.2) is 0 Å². The minimum absolute atomic E-state index is 0.0448. The highest BCUT2D eigenvalue weighted by atomic mass is 35.5. The molecule has 0 unspecified atom stereocenters. The second kappa shape index (κ2) is 5.95. The predicted molar refractivity (Wildman–Crippen MR) is 80.3 cm³/mol. The van der Waals surface area contributed by atoms with E-state index < -0.39 is 0 Å². The Balaban J connectivity index is 2.25. The van der Waals surface area contributed by atoms with Crippen LogP contribution in [-0.2, 0) is 0 Å². The van der Waals surface area contributed by atoms with Gasteiger partial charge in [0, 0.05) is 10.0 Å². The van der Waals surface area contributed by atoms with Crippen LogP contribution in [0.3, 0.4) is 0 Å². The van der Waals surface area contributed by atoms with Gasteiger partial charge in [0.05, 0.1) is 11.7 Å². The quantitative estimate of drug-likeness (QED) is 0.873. The molecule has 1 N–H and O–H groups in total. The Morgan fingerprint density at radius 2 is 1.89 bits per heavy atom. The van der Waals surface area contributed by atoms with Crippen molar-refractivity contribution >= 4 is 40.6 Å². The molecular formula is C13H12Cl3N3. The van der Waals surface area contributed by atoms with Crippen molar-refractivity contribution in [3.8, 4) is 0 Å². The number of hydrogen-bond donors (Lipinski definition) is 1. The maximum atomic E-state index is 6.17. The van der Waals surface area contributed by atoms with Crippen LogP contribution in [0.15, 0.2) is 24.5 Å². The van der Waals surface area contributed by atoms with Gasteiger partial charge in [0.1, 0.15) is 17.2 Å². The van der Waals surface area contributed by atoms with Crippen molar-refractivity contribution in [2.24, 2.45) is 0 Å². The third kappa shape index (κ3) is 3.30. The highest BCUT2D eigenvalue weighted by molar-refractivity contribution is 6.35. The van der Waals surface area contributed by atoms with E-state index in [4.69, 9.17) is 34.8 Å². The van der Waals surface area contributed by atoms with Crippen LogP contribution >= 0.6 is 34.8 Å². The molecule has 0 radical (unpaired) electrons. The molecule has 0 amide bonds. The lowest BCUT2D eigenvalue weighted by Gasteiger charge is -2.17. The van der Waals surface area contributed by atoms with E-state index in [1.165, 1.54) is 6.33 Å². The normalized spacial score (nSPS) is 12.3. The molecule has 2 aromatic rings. The van der Waals surface area contributed by atoms with Gasteiger partial charge in [-0.2, -0.15) is 0 Å². The number of benzene rings is 1. The number of anilines is 1. The van der Waals surface area contributed by atoms with E-state index in [1.807, 2.05) is 19.9 Å². The fourth-order valence-electron chi connectivity index (χ4n) is 1.69. The molecule has 1 aromatic heterocycles. The van der Waals surface area contributed by atoms with Crippen LogP contribution < -0.4 is 5.32 Å². The number of nitrogens with zero attached hydrogens (tertiary/aromatic N) is 2. The van der Waals surface area contributed by atoms with Crippen molar-refractivity contribution < 1.29 is 0 Å². The first-order chi connectivity index (χ1) is 8.99. The second-order valence-electron chi connectivity index (χ2n) is 4.15. The van der Waals surface area contributed by atoms with Crippen LogP contribution in [0.5, 0.6) is 0 Å². The fourth-order valence-corrected chi connectivity index (χ4v) is 2.42. The summed E-state index contributed by atoms with van der Waals surface area (Å²) in [5, 5.41) is 4.94. The summed E-state index contributed by atoms with van der Waals surface area (Å²) in [5.74, 6) is 0.590. The molecule has 2 rings (SSSR count). The SMILES string of the molecule is Cc1ncnc(N[C@H](C)c2ccc(Cl)cc2Cl)c1Cl. The summed E-state index contributed by atoms with van der Waals surface area (Å²) in [6, 6.07) is 5.35. The molecule has 0 saturated carbocycles. The largest absolute Gasteiger partial charge is 0.362 e. The molecule has 0 bridgehead atoms. The molecule has 1 aromatic carbocycles. The Bertz CT molecular complexity index is 602. The molecule has 100 valence electrons. The lowest BCUT2D eigenvalue weighted by molar-refractivity contribution is 0.870. The average molecular weight is 317 g/mol. The van der Waals surface area contributed by atoms with Crippen LogP contribution in [0, 0.1) is 6.92 Å². The smallest absolute Gasteiger partial charge is 0.148 e. The van der Waals surface area contributed by atoms with Crippen molar-refractivity contribution in [1.29, 1.82) is 0 Å². The molecule has 1 heterocycles. The van der Waals surface area contributed by atoms with Gasteiger partial charge in [-0.25, -0.2) is 9.97 Å². The van der Waals surface area contributed by atoms with E-state index in [0.717, 1.165) is 11.3 Å². The first-order valence-electron chi connectivity index (χ1n) is 5.67. The van der Waals surface area contributed by atoms with Gasteiger partial charge >= 0.3 is 0 Å². The Morgan fingerprint density at radius 3 is 2.58 bits per heavy atom. The lowest BCUT2D eigenvalue weighted by atomic mass is 10.1. The van der Waals surface area contributed by atoms with Crippen molar-refractivity contribution in [3.63, 3.8) is 0 Å². The average Bonchev–Trinajstić information content (AvgIpc) is 2.34. The molecule has 0 aliphatic carbocycles. The number of hydrogen-bond acceptors (Lipinski definition) is 3. The van der Waals surface area contributed by atoms with Crippen molar-refractivity contribution in [3.05, 3.63) is 50.9 Å². The van der Waals surface area contributed by atoms with Crippen LogP contribution in [0.4, 0.5) is 5.82 Å². The van der Waals surface area contributed by atoms with Gasteiger partial charge in [-0.15, -0.1) is 0 Å². The van der Waals surface area contributed by atoms with E-state index in [0.29, 0.717) is 20.9 Å². The van der Waals surface area contributed by atoms with Gasteiger partial charge in [-0.3, -0.25) is 0 Å². The Morgan fingerprint density at radius 1 is 1.16 bits per heavy atom. The van der Waals surface area contributed by atoms with Gasteiger partial charge in [-0.05, 0) is 31.5 Å². The minimum Gasteiger partial charge on any atom is -0.362 e. The summed E-state index contributed by atoms with van der Waals surface area (Å²) in [6.07, 6.45) is 1.47. The first-order valence-corrected chi connectivity index (χ1v) is 6.81. The van der Waals surface area contributed by atoms with Crippen LogP contribution in [-0.4, -0.2) is 9.97 Å². The highest BCUT2D eigenvalue weighted by Gasteiger charge is 2.13. The molecule has 0 spiro atoms. The molecule has 6 heteroatoms. The Labute approximate surface area is 126 Å². The molecule has 0 aliphatic heterocycles.